The van der Waals surface area contributed by atoms with Gasteiger partial charge in [-0.3, -0.25) is 4.90 Å². The van der Waals surface area contributed by atoms with Gasteiger partial charge in [0.25, 0.3) is 0 Å². The molecule has 1 heterocycles. The van der Waals surface area contributed by atoms with Crippen LogP contribution >= 0.6 is 0 Å². The summed E-state index contributed by atoms with van der Waals surface area (Å²) in [7, 11) is 0. The normalized spacial score (nSPS) is 28.8. The van der Waals surface area contributed by atoms with Crippen molar-refractivity contribution in [2.24, 2.45) is 5.73 Å². The van der Waals surface area contributed by atoms with Crippen LogP contribution < -0.4 is 5.73 Å². The highest BCUT2D eigenvalue weighted by molar-refractivity contribution is 4.82. The van der Waals surface area contributed by atoms with Crippen LogP contribution in [0.15, 0.2) is 0 Å². The van der Waals surface area contributed by atoms with Crippen molar-refractivity contribution < 1.29 is 0 Å². The number of likely N-dealkylation sites (tertiary alicyclic amines) is 1. The third-order valence-corrected chi connectivity index (χ3v) is 2.78. The zero-order valence-corrected chi connectivity index (χ0v) is 8.42. The third kappa shape index (κ3) is 2.46. The summed E-state index contributed by atoms with van der Waals surface area (Å²) in [6.07, 6.45) is 5.29. The lowest BCUT2D eigenvalue weighted by Gasteiger charge is -2.37. The van der Waals surface area contributed by atoms with Crippen molar-refractivity contribution in [3.8, 4) is 0 Å². The van der Waals surface area contributed by atoms with E-state index in [2.05, 4.69) is 18.7 Å². The molecule has 0 aromatic carbocycles. The van der Waals surface area contributed by atoms with Crippen LogP contribution in [0, 0.1) is 0 Å². The molecule has 1 fully saturated rings. The molecule has 1 rings (SSSR count). The van der Waals surface area contributed by atoms with Crippen molar-refractivity contribution in [2.45, 2.75) is 51.6 Å². The molecule has 2 atom stereocenters. The van der Waals surface area contributed by atoms with E-state index in [1.165, 1.54) is 38.8 Å². The number of piperidine rings is 1. The Kier molecular flexibility index (Phi) is 4.02. The van der Waals surface area contributed by atoms with Gasteiger partial charge in [-0.05, 0) is 39.3 Å². The Morgan fingerprint density at radius 3 is 2.83 bits per heavy atom. The van der Waals surface area contributed by atoms with Crippen LogP contribution in [0.5, 0.6) is 0 Å². The Morgan fingerprint density at radius 2 is 2.25 bits per heavy atom. The molecule has 2 heteroatoms. The highest BCUT2D eigenvalue weighted by atomic mass is 15.2. The highest BCUT2D eigenvalue weighted by Gasteiger charge is 2.23. The maximum atomic E-state index is 5.95. The minimum absolute atomic E-state index is 0.344. The molecule has 0 saturated carbocycles. The average Bonchev–Trinajstić information content (AvgIpc) is 2.05. The largest absolute Gasteiger partial charge is 0.327 e. The summed E-state index contributed by atoms with van der Waals surface area (Å²) < 4.78 is 0. The molecule has 0 aliphatic carbocycles. The number of nitrogens with two attached hydrogens (primary N) is 1. The molecule has 2 N–H and O–H groups in total. The van der Waals surface area contributed by atoms with Crippen molar-refractivity contribution in [2.75, 3.05) is 13.1 Å². The Labute approximate surface area is 76.1 Å². The lowest BCUT2D eigenvalue weighted by molar-refractivity contribution is 0.131. The van der Waals surface area contributed by atoms with Crippen LogP contribution in [0.25, 0.3) is 0 Å². The van der Waals surface area contributed by atoms with Crippen LogP contribution in [-0.2, 0) is 0 Å². The molecule has 0 amide bonds. The molecule has 72 valence electrons. The Hall–Kier alpha value is -0.0800. The molecular weight excluding hydrogens is 148 g/mol. The predicted octanol–water partition coefficient (Wildman–Crippen LogP) is 1.60. The van der Waals surface area contributed by atoms with Gasteiger partial charge in [0, 0.05) is 12.1 Å². The third-order valence-electron chi connectivity index (χ3n) is 2.78. The van der Waals surface area contributed by atoms with Gasteiger partial charge in [0.15, 0.2) is 0 Å². The minimum atomic E-state index is 0.344. The molecule has 2 nitrogen and oxygen atoms in total. The second-order valence-electron chi connectivity index (χ2n) is 3.96. The van der Waals surface area contributed by atoms with Crippen LogP contribution in [0.4, 0.5) is 0 Å². The predicted molar refractivity (Wildman–Crippen MR) is 53.2 cm³/mol. The average molecular weight is 170 g/mol. The molecule has 1 saturated heterocycles. The molecule has 0 aromatic rings. The molecular formula is C10H22N2. The quantitative estimate of drug-likeness (QED) is 0.697. The lowest BCUT2D eigenvalue weighted by Crippen LogP contribution is -2.49. The summed E-state index contributed by atoms with van der Waals surface area (Å²) in [4.78, 5) is 2.56. The lowest BCUT2D eigenvalue weighted by atomic mass is 9.97. The summed E-state index contributed by atoms with van der Waals surface area (Å²) in [5.74, 6) is 0. The fourth-order valence-corrected chi connectivity index (χ4v) is 2.18. The van der Waals surface area contributed by atoms with Gasteiger partial charge in [-0.25, -0.2) is 0 Å². The number of hydrogen-bond donors (Lipinski definition) is 1. The summed E-state index contributed by atoms with van der Waals surface area (Å²) >= 11 is 0. The Balaban J connectivity index is 2.42. The van der Waals surface area contributed by atoms with Crippen LogP contribution in [0.2, 0.25) is 0 Å². The van der Waals surface area contributed by atoms with E-state index in [1.807, 2.05) is 0 Å². The second-order valence-corrected chi connectivity index (χ2v) is 3.96. The van der Waals surface area contributed by atoms with E-state index >= 15 is 0 Å². The van der Waals surface area contributed by atoms with Crippen LogP contribution in [0.3, 0.4) is 0 Å². The number of rotatable bonds is 3. The van der Waals surface area contributed by atoms with E-state index in [-0.39, 0.29) is 0 Å². The topological polar surface area (TPSA) is 29.3 Å². The first-order valence-corrected chi connectivity index (χ1v) is 5.25. The summed E-state index contributed by atoms with van der Waals surface area (Å²) in [6, 6.07) is 0.996. The van der Waals surface area contributed by atoms with Gasteiger partial charge in [0.2, 0.25) is 0 Å². The second kappa shape index (κ2) is 4.83. The molecule has 0 aromatic heterocycles. The van der Waals surface area contributed by atoms with E-state index in [9.17, 15) is 0 Å². The van der Waals surface area contributed by atoms with Gasteiger partial charge >= 0.3 is 0 Å². The van der Waals surface area contributed by atoms with E-state index in [0.29, 0.717) is 12.1 Å². The van der Waals surface area contributed by atoms with E-state index in [0.717, 1.165) is 0 Å². The van der Waals surface area contributed by atoms with Crippen molar-refractivity contribution in [3.63, 3.8) is 0 Å². The molecule has 12 heavy (non-hydrogen) atoms. The Bertz CT molecular complexity index is 121. The fraction of sp³-hybridized carbons (Fsp3) is 1.00. The van der Waals surface area contributed by atoms with E-state index in [1.54, 1.807) is 0 Å². The van der Waals surface area contributed by atoms with E-state index < -0.39 is 0 Å². The maximum Gasteiger partial charge on any atom is 0.0244 e. The van der Waals surface area contributed by atoms with Gasteiger partial charge in [-0.1, -0.05) is 13.3 Å². The van der Waals surface area contributed by atoms with E-state index in [4.69, 9.17) is 5.73 Å². The van der Waals surface area contributed by atoms with Gasteiger partial charge in [0.1, 0.15) is 0 Å². The molecule has 2 unspecified atom stereocenters. The first kappa shape index (κ1) is 10.0. The van der Waals surface area contributed by atoms with Crippen molar-refractivity contribution in [1.29, 1.82) is 0 Å². The summed E-state index contributed by atoms with van der Waals surface area (Å²) in [6.45, 7) is 6.87. The summed E-state index contributed by atoms with van der Waals surface area (Å²) in [5.41, 5.74) is 5.95. The van der Waals surface area contributed by atoms with Crippen LogP contribution in [0.1, 0.15) is 39.5 Å². The van der Waals surface area contributed by atoms with Crippen LogP contribution in [-0.4, -0.2) is 30.1 Å². The fourth-order valence-electron chi connectivity index (χ4n) is 2.18. The Morgan fingerprint density at radius 1 is 1.50 bits per heavy atom. The number of hydrogen-bond acceptors (Lipinski definition) is 2. The zero-order valence-electron chi connectivity index (χ0n) is 8.42. The maximum absolute atomic E-state index is 5.95. The first-order chi connectivity index (χ1) is 5.75. The number of nitrogens with zero attached hydrogens (tertiary/aromatic N) is 1. The minimum Gasteiger partial charge on any atom is -0.327 e. The van der Waals surface area contributed by atoms with Crippen molar-refractivity contribution in [1.82, 2.24) is 4.90 Å². The highest BCUT2D eigenvalue weighted by Crippen LogP contribution is 2.18. The summed E-state index contributed by atoms with van der Waals surface area (Å²) in [5, 5.41) is 0. The first-order valence-electron chi connectivity index (χ1n) is 5.25. The monoisotopic (exact) mass is 170 g/mol. The van der Waals surface area contributed by atoms with Crippen molar-refractivity contribution in [3.05, 3.63) is 0 Å². The standard InChI is InChI=1S/C10H22N2/c1-3-7-12-8-5-4-6-10(12)9(2)11/h9-10H,3-8,11H2,1-2H3. The van der Waals surface area contributed by atoms with Crippen molar-refractivity contribution >= 4 is 0 Å². The molecule has 0 radical (unpaired) electrons. The van der Waals surface area contributed by atoms with Gasteiger partial charge in [-0.2, -0.15) is 0 Å². The van der Waals surface area contributed by atoms with Gasteiger partial charge < -0.3 is 5.73 Å². The SMILES string of the molecule is CCCN1CCCCC1C(C)N. The molecule has 1 aliphatic heterocycles. The molecule has 0 bridgehead atoms. The van der Waals surface area contributed by atoms with Gasteiger partial charge in [-0.15, -0.1) is 0 Å². The van der Waals surface area contributed by atoms with Gasteiger partial charge in [0.05, 0.1) is 0 Å². The zero-order chi connectivity index (χ0) is 8.97. The molecule has 0 spiro atoms. The smallest absolute Gasteiger partial charge is 0.0244 e. The molecule has 1 aliphatic rings.